The molecule has 2 N–H and O–H groups in total. The Kier molecular flexibility index (Phi) is 6.32. The highest BCUT2D eigenvalue weighted by molar-refractivity contribution is 5.85. The van der Waals surface area contributed by atoms with Gasteiger partial charge in [-0.1, -0.05) is 42.7 Å². The van der Waals surface area contributed by atoms with Crippen LogP contribution in [0.2, 0.25) is 0 Å². The number of hydrogen-bond acceptors (Lipinski definition) is 2. The molecule has 1 unspecified atom stereocenters. The predicted octanol–water partition coefficient (Wildman–Crippen LogP) is 2.82. The number of benzene rings is 1. The maximum atomic E-state index is 12.0. The van der Waals surface area contributed by atoms with Gasteiger partial charge in [-0.15, -0.1) is 12.4 Å². The third-order valence-electron chi connectivity index (χ3n) is 3.67. The lowest BCUT2D eigenvalue weighted by Crippen LogP contribution is -2.38. The number of amides is 1. The van der Waals surface area contributed by atoms with Gasteiger partial charge >= 0.3 is 0 Å². The van der Waals surface area contributed by atoms with Crippen molar-refractivity contribution >= 4 is 18.3 Å². The van der Waals surface area contributed by atoms with Crippen LogP contribution >= 0.6 is 12.4 Å². The Morgan fingerprint density at radius 2 is 2.16 bits per heavy atom. The van der Waals surface area contributed by atoms with Crippen LogP contribution in [0.4, 0.5) is 0 Å². The molecule has 2 rings (SSSR count). The minimum atomic E-state index is 0. The highest BCUT2D eigenvalue weighted by atomic mass is 35.5. The Balaban J connectivity index is 0.00000180. The molecule has 106 valence electrons. The van der Waals surface area contributed by atoms with Gasteiger partial charge in [0.25, 0.3) is 0 Å². The van der Waals surface area contributed by atoms with Gasteiger partial charge < -0.3 is 10.6 Å². The summed E-state index contributed by atoms with van der Waals surface area (Å²) in [5.74, 6) is 0.0726. The molecule has 1 amide bonds. The average Bonchev–Trinajstić information content (AvgIpc) is 2.63. The van der Waals surface area contributed by atoms with Crippen molar-refractivity contribution in [1.82, 2.24) is 4.90 Å². The summed E-state index contributed by atoms with van der Waals surface area (Å²) in [4.78, 5) is 14.0. The highest BCUT2D eigenvalue weighted by Crippen LogP contribution is 2.30. The number of carbonyl (C=O) groups excluding carboxylic acids is 1. The molecule has 1 aromatic rings. The van der Waals surface area contributed by atoms with Crippen molar-refractivity contribution in [3.05, 3.63) is 35.4 Å². The van der Waals surface area contributed by atoms with E-state index in [4.69, 9.17) is 5.73 Å². The largest absolute Gasteiger partial charge is 0.335 e. The van der Waals surface area contributed by atoms with Gasteiger partial charge in [-0.25, -0.2) is 0 Å². The van der Waals surface area contributed by atoms with Crippen LogP contribution in [-0.4, -0.2) is 23.9 Å². The summed E-state index contributed by atoms with van der Waals surface area (Å²) in [7, 11) is 0. The number of halogens is 1. The Hall–Kier alpha value is -1.06. The summed E-state index contributed by atoms with van der Waals surface area (Å²) in [6.45, 7) is 3.05. The smallest absolute Gasteiger partial charge is 0.236 e. The van der Waals surface area contributed by atoms with Crippen LogP contribution in [0, 0.1) is 6.92 Å². The molecular formula is C15H23ClN2O. The first kappa shape index (κ1) is 16.0. The Morgan fingerprint density at radius 3 is 2.84 bits per heavy atom. The summed E-state index contributed by atoms with van der Waals surface area (Å²) in [6.07, 6.45) is 4.53. The van der Waals surface area contributed by atoms with Crippen LogP contribution in [0.25, 0.3) is 0 Å². The fourth-order valence-corrected chi connectivity index (χ4v) is 2.75. The molecule has 1 aliphatic heterocycles. The van der Waals surface area contributed by atoms with E-state index in [0.29, 0.717) is 0 Å². The predicted molar refractivity (Wildman–Crippen MR) is 80.4 cm³/mol. The molecule has 3 nitrogen and oxygen atoms in total. The Labute approximate surface area is 121 Å². The molecule has 1 saturated heterocycles. The van der Waals surface area contributed by atoms with E-state index >= 15 is 0 Å². The van der Waals surface area contributed by atoms with E-state index in [2.05, 4.69) is 31.2 Å². The van der Waals surface area contributed by atoms with Gasteiger partial charge in [-0.3, -0.25) is 4.79 Å². The first-order valence-corrected chi connectivity index (χ1v) is 6.78. The molecular weight excluding hydrogens is 260 g/mol. The van der Waals surface area contributed by atoms with Crippen molar-refractivity contribution in [1.29, 1.82) is 0 Å². The summed E-state index contributed by atoms with van der Waals surface area (Å²) < 4.78 is 0. The van der Waals surface area contributed by atoms with E-state index in [1.807, 2.05) is 4.90 Å². The van der Waals surface area contributed by atoms with Gasteiger partial charge in [0.05, 0.1) is 12.6 Å². The number of nitrogens with zero attached hydrogens (tertiary/aromatic N) is 1. The van der Waals surface area contributed by atoms with Gasteiger partial charge in [0.1, 0.15) is 0 Å². The molecule has 1 aliphatic rings. The number of nitrogens with two attached hydrogens (primary N) is 1. The molecule has 1 atom stereocenters. The first-order chi connectivity index (χ1) is 8.72. The summed E-state index contributed by atoms with van der Waals surface area (Å²) in [5, 5.41) is 0. The van der Waals surface area contributed by atoms with Crippen molar-refractivity contribution in [3.63, 3.8) is 0 Å². The number of rotatable bonds is 2. The monoisotopic (exact) mass is 282 g/mol. The van der Waals surface area contributed by atoms with E-state index in [1.165, 1.54) is 24.0 Å². The molecule has 1 fully saturated rings. The van der Waals surface area contributed by atoms with Crippen LogP contribution < -0.4 is 5.73 Å². The van der Waals surface area contributed by atoms with Gasteiger partial charge in [-0.05, 0) is 25.3 Å². The fraction of sp³-hybridized carbons (Fsp3) is 0.533. The standard InChI is InChI=1S/C15H22N2O.ClH/c1-12-6-5-7-13(10-12)14-8-3-2-4-9-17(14)15(18)11-16;/h5-7,10,14H,2-4,8-9,11,16H2,1H3;1H. The highest BCUT2D eigenvalue weighted by Gasteiger charge is 2.25. The second kappa shape index (κ2) is 7.51. The minimum absolute atomic E-state index is 0. The van der Waals surface area contributed by atoms with Crippen LogP contribution in [0.3, 0.4) is 0 Å². The second-order valence-corrected chi connectivity index (χ2v) is 5.07. The SMILES string of the molecule is Cc1cccc(C2CCCCCN2C(=O)CN)c1.Cl. The summed E-state index contributed by atoms with van der Waals surface area (Å²) in [5.41, 5.74) is 8.03. The molecule has 0 spiro atoms. The van der Waals surface area contributed by atoms with Gasteiger partial charge in [-0.2, -0.15) is 0 Å². The van der Waals surface area contributed by atoms with E-state index in [-0.39, 0.29) is 30.9 Å². The Morgan fingerprint density at radius 1 is 1.37 bits per heavy atom. The van der Waals surface area contributed by atoms with Crippen molar-refractivity contribution in [2.45, 2.75) is 38.6 Å². The van der Waals surface area contributed by atoms with Gasteiger partial charge in [0.2, 0.25) is 5.91 Å². The second-order valence-electron chi connectivity index (χ2n) is 5.07. The zero-order valence-electron chi connectivity index (χ0n) is 11.5. The molecule has 0 aromatic heterocycles. The number of aryl methyl sites for hydroxylation is 1. The van der Waals surface area contributed by atoms with E-state index in [0.717, 1.165) is 19.4 Å². The number of carbonyl (C=O) groups is 1. The normalized spacial score (nSPS) is 19.5. The molecule has 0 radical (unpaired) electrons. The molecule has 1 heterocycles. The topological polar surface area (TPSA) is 46.3 Å². The van der Waals surface area contributed by atoms with Crippen molar-refractivity contribution in [2.24, 2.45) is 5.73 Å². The maximum absolute atomic E-state index is 12.0. The van der Waals surface area contributed by atoms with E-state index in [1.54, 1.807) is 0 Å². The van der Waals surface area contributed by atoms with Crippen LogP contribution in [0.5, 0.6) is 0 Å². The van der Waals surface area contributed by atoms with Crippen molar-refractivity contribution in [2.75, 3.05) is 13.1 Å². The maximum Gasteiger partial charge on any atom is 0.236 e. The van der Waals surface area contributed by atoms with Crippen LogP contribution in [-0.2, 0) is 4.79 Å². The lowest BCUT2D eigenvalue weighted by molar-refractivity contribution is -0.132. The number of likely N-dealkylation sites (tertiary alicyclic amines) is 1. The van der Waals surface area contributed by atoms with Gasteiger partial charge in [0.15, 0.2) is 0 Å². The molecule has 0 bridgehead atoms. The zero-order chi connectivity index (χ0) is 13.0. The fourth-order valence-electron chi connectivity index (χ4n) is 2.75. The van der Waals surface area contributed by atoms with Crippen LogP contribution in [0.1, 0.15) is 42.9 Å². The molecule has 0 saturated carbocycles. The molecule has 4 heteroatoms. The third kappa shape index (κ3) is 3.95. The van der Waals surface area contributed by atoms with E-state index < -0.39 is 0 Å². The zero-order valence-corrected chi connectivity index (χ0v) is 12.3. The van der Waals surface area contributed by atoms with Crippen molar-refractivity contribution in [3.8, 4) is 0 Å². The molecule has 1 aromatic carbocycles. The van der Waals surface area contributed by atoms with E-state index in [9.17, 15) is 4.79 Å². The Bertz CT molecular complexity index is 422. The molecule has 0 aliphatic carbocycles. The first-order valence-electron chi connectivity index (χ1n) is 6.78. The lowest BCUT2D eigenvalue weighted by Gasteiger charge is -2.30. The van der Waals surface area contributed by atoms with Gasteiger partial charge in [0, 0.05) is 6.54 Å². The quantitative estimate of drug-likeness (QED) is 0.907. The van der Waals surface area contributed by atoms with Crippen molar-refractivity contribution < 1.29 is 4.79 Å². The van der Waals surface area contributed by atoms with Crippen LogP contribution in [0.15, 0.2) is 24.3 Å². The summed E-state index contributed by atoms with van der Waals surface area (Å²) in [6, 6.07) is 8.69. The third-order valence-corrected chi connectivity index (χ3v) is 3.67. The lowest BCUT2D eigenvalue weighted by atomic mass is 9.99. The molecule has 19 heavy (non-hydrogen) atoms. The summed E-state index contributed by atoms with van der Waals surface area (Å²) >= 11 is 0. The number of hydrogen-bond donors (Lipinski definition) is 1. The minimum Gasteiger partial charge on any atom is -0.335 e. The average molecular weight is 283 g/mol.